The van der Waals surface area contributed by atoms with Crippen molar-refractivity contribution in [3.8, 4) is 5.75 Å². The first-order valence-corrected chi connectivity index (χ1v) is 5.31. The predicted molar refractivity (Wildman–Crippen MR) is 57.8 cm³/mol. The van der Waals surface area contributed by atoms with Crippen LogP contribution in [0.1, 0.15) is 11.4 Å². The minimum absolute atomic E-state index is 0.241. The molecule has 0 aliphatic carbocycles. The quantitative estimate of drug-likeness (QED) is 0.861. The first-order valence-electron chi connectivity index (χ1n) is 5.31. The molecule has 1 aromatic heterocycles. The molecule has 0 fully saturated rings. The Labute approximate surface area is 106 Å². The van der Waals surface area contributed by atoms with Crippen LogP contribution < -0.4 is 10.1 Å². The zero-order valence-electron chi connectivity index (χ0n) is 9.61. The maximum atomic E-state index is 11.9. The largest absolute Gasteiger partial charge is 0.573 e. The molecule has 0 saturated heterocycles. The van der Waals surface area contributed by atoms with Gasteiger partial charge in [0.25, 0.3) is 0 Å². The average Bonchev–Trinajstić information content (AvgIpc) is 2.82. The van der Waals surface area contributed by atoms with Crippen LogP contribution in [0.5, 0.6) is 5.75 Å². The zero-order valence-corrected chi connectivity index (χ0v) is 9.61. The standard InChI is InChI=1S/C10H10F3N5O/c11-10(12,13)19-8-3-1-7(2-4-8)5-14-6-9-15-17-18-16-9/h1-4,14H,5-6H2,(H,15,16,17,18). The number of H-pyrrole nitrogens is 1. The fourth-order valence-corrected chi connectivity index (χ4v) is 1.39. The van der Waals surface area contributed by atoms with Crippen molar-refractivity contribution >= 4 is 0 Å². The Morgan fingerprint density at radius 3 is 2.47 bits per heavy atom. The molecule has 2 rings (SSSR count). The molecule has 1 aromatic carbocycles. The molecular formula is C10H10F3N5O. The Balaban J connectivity index is 1.81. The molecular weight excluding hydrogens is 263 g/mol. The molecule has 0 aliphatic heterocycles. The molecule has 102 valence electrons. The highest BCUT2D eigenvalue weighted by Gasteiger charge is 2.30. The lowest BCUT2D eigenvalue weighted by molar-refractivity contribution is -0.274. The van der Waals surface area contributed by atoms with Crippen molar-refractivity contribution in [3.05, 3.63) is 35.7 Å². The third-order valence-corrected chi connectivity index (χ3v) is 2.16. The van der Waals surface area contributed by atoms with E-state index in [4.69, 9.17) is 0 Å². The molecule has 0 spiro atoms. The number of benzene rings is 1. The second-order valence-electron chi connectivity index (χ2n) is 3.62. The van der Waals surface area contributed by atoms with Crippen LogP contribution in [0.25, 0.3) is 0 Å². The third-order valence-electron chi connectivity index (χ3n) is 2.16. The van der Waals surface area contributed by atoms with Crippen LogP contribution >= 0.6 is 0 Å². The smallest absolute Gasteiger partial charge is 0.406 e. The predicted octanol–water partition coefficient (Wildman–Crippen LogP) is 1.39. The number of aromatic amines is 1. The summed E-state index contributed by atoms with van der Waals surface area (Å²) >= 11 is 0. The van der Waals surface area contributed by atoms with Gasteiger partial charge in [0.1, 0.15) is 5.75 Å². The minimum Gasteiger partial charge on any atom is -0.406 e. The van der Waals surface area contributed by atoms with Crippen molar-refractivity contribution in [1.29, 1.82) is 0 Å². The molecule has 0 amide bonds. The van der Waals surface area contributed by atoms with E-state index in [-0.39, 0.29) is 5.75 Å². The summed E-state index contributed by atoms with van der Waals surface area (Å²) < 4.78 is 39.6. The summed E-state index contributed by atoms with van der Waals surface area (Å²) in [4.78, 5) is 0. The van der Waals surface area contributed by atoms with E-state index in [9.17, 15) is 13.2 Å². The Kier molecular flexibility index (Phi) is 3.95. The summed E-state index contributed by atoms with van der Waals surface area (Å²) in [5.74, 6) is 0.270. The first kappa shape index (κ1) is 13.3. The van der Waals surface area contributed by atoms with Crippen LogP contribution in [0.2, 0.25) is 0 Å². The van der Waals surface area contributed by atoms with Crippen molar-refractivity contribution in [1.82, 2.24) is 25.9 Å². The van der Waals surface area contributed by atoms with Gasteiger partial charge in [-0.25, -0.2) is 0 Å². The van der Waals surface area contributed by atoms with Gasteiger partial charge in [0.05, 0.1) is 6.54 Å². The molecule has 0 radical (unpaired) electrons. The van der Waals surface area contributed by atoms with E-state index in [1.54, 1.807) is 12.1 Å². The fraction of sp³-hybridized carbons (Fsp3) is 0.300. The molecule has 6 nitrogen and oxygen atoms in total. The van der Waals surface area contributed by atoms with E-state index in [1.165, 1.54) is 12.1 Å². The molecule has 0 saturated carbocycles. The van der Waals surface area contributed by atoms with Crippen LogP contribution in [0.4, 0.5) is 13.2 Å². The summed E-state index contributed by atoms with van der Waals surface area (Å²) in [6.07, 6.45) is -4.67. The molecule has 1 heterocycles. The van der Waals surface area contributed by atoms with Gasteiger partial charge in [-0.3, -0.25) is 0 Å². The third kappa shape index (κ3) is 4.54. The van der Waals surface area contributed by atoms with Crippen molar-refractivity contribution in [2.24, 2.45) is 0 Å². The lowest BCUT2D eigenvalue weighted by Gasteiger charge is -2.09. The van der Waals surface area contributed by atoms with E-state index < -0.39 is 6.36 Å². The highest BCUT2D eigenvalue weighted by atomic mass is 19.4. The number of alkyl halides is 3. The number of aromatic nitrogens is 4. The van der Waals surface area contributed by atoms with Crippen LogP contribution in [0.3, 0.4) is 0 Å². The number of tetrazole rings is 1. The van der Waals surface area contributed by atoms with Crippen molar-refractivity contribution < 1.29 is 17.9 Å². The number of nitrogens with zero attached hydrogens (tertiary/aromatic N) is 3. The van der Waals surface area contributed by atoms with E-state index >= 15 is 0 Å². The van der Waals surface area contributed by atoms with Crippen LogP contribution in [-0.4, -0.2) is 27.0 Å². The Morgan fingerprint density at radius 2 is 1.89 bits per heavy atom. The molecule has 0 bridgehead atoms. The van der Waals surface area contributed by atoms with Gasteiger partial charge in [0.2, 0.25) is 0 Å². The normalized spacial score (nSPS) is 11.5. The topological polar surface area (TPSA) is 75.7 Å². The maximum absolute atomic E-state index is 11.9. The Morgan fingerprint density at radius 1 is 1.16 bits per heavy atom. The second kappa shape index (κ2) is 5.65. The minimum atomic E-state index is -4.67. The molecule has 9 heteroatoms. The van der Waals surface area contributed by atoms with Crippen molar-refractivity contribution in [2.45, 2.75) is 19.5 Å². The number of rotatable bonds is 5. The van der Waals surface area contributed by atoms with E-state index in [1.807, 2.05) is 0 Å². The number of hydrogen-bond acceptors (Lipinski definition) is 5. The van der Waals surface area contributed by atoms with Crippen LogP contribution in [-0.2, 0) is 13.1 Å². The summed E-state index contributed by atoms with van der Waals surface area (Å²) in [7, 11) is 0. The van der Waals surface area contributed by atoms with Crippen LogP contribution in [0.15, 0.2) is 24.3 Å². The van der Waals surface area contributed by atoms with Gasteiger partial charge in [0.15, 0.2) is 5.82 Å². The van der Waals surface area contributed by atoms with Gasteiger partial charge in [-0.1, -0.05) is 17.3 Å². The molecule has 19 heavy (non-hydrogen) atoms. The second-order valence-corrected chi connectivity index (χ2v) is 3.62. The highest BCUT2D eigenvalue weighted by Crippen LogP contribution is 2.22. The van der Waals surface area contributed by atoms with Crippen LogP contribution in [0, 0.1) is 0 Å². The molecule has 2 aromatic rings. The van der Waals surface area contributed by atoms with Gasteiger partial charge in [-0.15, -0.1) is 23.4 Å². The number of halogens is 3. The summed E-state index contributed by atoms with van der Waals surface area (Å²) in [5.41, 5.74) is 0.818. The Bertz CT molecular complexity index is 497. The monoisotopic (exact) mass is 273 g/mol. The summed E-state index contributed by atoms with van der Waals surface area (Å²) in [6.45, 7) is 0.887. The SMILES string of the molecule is FC(F)(F)Oc1ccc(CNCc2nn[nH]n2)cc1. The maximum Gasteiger partial charge on any atom is 0.573 e. The molecule has 0 aliphatic rings. The number of nitrogens with one attached hydrogen (secondary N) is 2. The average molecular weight is 273 g/mol. The van der Waals surface area contributed by atoms with Gasteiger partial charge >= 0.3 is 6.36 Å². The van der Waals surface area contributed by atoms with E-state index in [0.717, 1.165) is 5.56 Å². The molecule has 0 unspecified atom stereocenters. The lowest BCUT2D eigenvalue weighted by atomic mass is 10.2. The number of hydrogen-bond donors (Lipinski definition) is 2. The zero-order chi connectivity index (χ0) is 13.7. The Hall–Kier alpha value is -2.16. The number of ether oxygens (including phenoxy) is 1. The molecule has 2 N–H and O–H groups in total. The summed E-state index contributed by atoms with van der Waals surface area (Å²) in [6, 6.07) is 5.62. The highest BCUT2D eigenvalue weighted by molar-refractivity contribution is 5.27. The first-order chi connectivity index (χ1) is 9.03. The van der Waals surface area contributed by atoms with E-state index in [2.05, 4.69) is 30.7 Å². The van der Waals surface area contributed by atoms with E-state index in [0.29, 0.717) is 18.9 Å². The van der Waals surface area contributed by atoms with Crippen molar-refractivity contribution in [3.63, 3.8) is 0 Å². The van der Waals surface area contributed by atoms with Gasteiger partial charge < -0.3 is 10.1 Å². The van der Waals surface area contributed by atoms with Gasteiger partial charge in [-0.05, 0) is 17.7 Å². The molecule has 0 atom stereocenters. The lowest BCUT2D eigenvalue weighted by Crippen LogP contribution is -2.17. The van der Waals surface area contributed by atoms with Gasteiger partial charge in [0, 0.05) is 6.54 Å². The fourth-order valence-electron chi connectivity index (χ4n) is 1.39. The van der Waals surface area contributed by atoms with Gasteiger partial charge in [-0.2, -0.15) is 5.21 Å². The van der Waals surface area contributed by atoms with Crippen molar-refractivity contribution in [2.75, 3.05) is 0 Å². The summed E-state index contributed by atoms with van der Waals surface area (Å²) in [5, 5.41) is 16.2.